The molecule has 1 aliphatic rings. The van der Waals surface area contributed by atoms with Crippen LogP contribution < -0.4 is 0 Å². The number of hydrogen-bond acceptors (Lipinski definition) is 3. The fourth-order valence-corrected chi connectivity index (χ4v) is 4.54. The molecule has 0 spiro atoms. The van der Waals surface area contributed by atoms with Gasteiger partial charge in [-0.1, -0.05) is 27.2 Å². The minimum Gasteiger partial charge on any atom is -0.480 e. The standard InChI is InChI=1S/C12H23NO4S/c1-4-5-9-18(16,17)13-8-6-7-12(2,3)10(13)11(14)15/h10H,4-9H2,1-3H3,(H,14,15). The highest BCUT2D eigenvalue weighted by Gasteiger charge is 2.46. The molecule has 1 unspecified atom stereocenters. The van der Waals surface area contributed by atoms with Crippen molar-refractivity contribution in [3.05, 3.63) is 0 Å². The molecule has 1 fully saturated rings. The third-order valence-electron chi connectivity index (χ3n) is 3.57. The Hall–Kier alpha value is -0.620. The molecule has 0 aromatic heterocycles. The highest BCUT2D eigenvalue weighted by Crippen LogP contribution is 2.36. The molecular formula is C12H23NO4S. The van der Waals surface area contributed by atoms with E-state index in [9.17, 15) is 18.3 Å². The third kappa shape index (κ3) is 3.23. The number of rotatable bonds is 5. The largest absolute Gasteiger partial charge is 0.480 e. The molecule has 106 valence electrons. The lowest BCUT2D eigenvalue weighted by Gasteiger charge is -2.43. The van der Waals surface area contributed by atoms with Crippen molar-refractivity contribution in [2.75, 3.05) is 12.3 Å². The summed E-state index contributed by atoms with van der Waals surface area (Å²) in [4.78, 5) is 11.4. The minimum atomic E-state index is -3.46. The van der Waals surface area contributed by atoms with Gasteiger partial charge in [0.1, 0.15) is 6.04 Å². The number of carboxylic acids is 1. The van der Waals surface area contributed by atoms with E-state index in [-0.39, 0.29) is 5.75 Å². The first-order chi connectivity index (χ1) is 8.22. The van der Waals surface area contributed by atoms with E-state index in [2.05, 4.69) is 0 Å². The van der Waals surface area contributed by atoms with Crippen molar-refractivity contribution in [1.82, 2.24) is 4.31 Å². The lowest BCUT2D eigenvalue weighted by molar-refractivity contribution is -0.147. The second kappa shape index (κ2) is 5.57. The van der Waals surface area contributed by atoms with Crippen LogP contribution in [0.25, 0.3) is 0 Å². The van der Waals surface area contributed by atoms with E-state index in [1.165, 1.54) is 4.31 Å². The number of hydrogen-bond donors (Lipinski definition) is 1. The van der Waals surface area contributed by atoms with Gasteiger partial charge in [-0.15, -0.1) is 0 Å². The number of unbranched alkanes of at least 4 members (excludes halogenated alkanes) is 1. The Morgan fingerprint density at radius 2 is 2.06 bits per heavy atom. The van der Waals surface area contributed by atoms with E-state index in [0.717, 1.165) is 19.3 Å². The van der Waals surface area contributed by atoms with Crippen LogP contribution in [-0.4, -0.2) is 42.1 Å². The van der Waals surface area contributed by atoms with E-state index < -0.39 is 27.4 Å². The maximum Gasteiger partial charge on any atom is 0.322 e. The smallest absolute Gasteiger partial charge is 0.322 e. The predicted octanol–water partition coefficient (Wildman–Crippen LogP) is 1.69. The molecule has 0 saturated carbocycles. The van der Waals surface area contributed by atoms with Crippen LogP contribution in [-0.2, 0) is 14.8 Å². The molecule has 0 aromatic carbocycles. The van der Waals surface area contributed by atoms with Crippen LogP contribution in [0.5, 0.6) is 0 Å². The summed E-state index contributed by atoms with van der Waals surface area (Å²) >= 11 is 0. The van der Waals surface area contributed by atoms with Gasteiger partial charge in [-0.3, -0.25) is 4.79 Å². The number of carbonyl (C=O) groups is 1. The third-order valence-corrected chi connectivity index (χ3v) is 5.49. The van der Waals surface area contributed by atoms with Crippen molar-refractivity contribution in [1.29, 1.82) is 0 Å². The van der Waals surface area contributed by atoms with Crippen molar-refractivity contribution in [3.8, 4) is 0 Å². The molecule has 1 N–H and O–H groups in total. The van der Waals surface area contributed by atoms with Crippen molar-refractivity contribution < 1.29 is 18.3 Å². The maximum absolute atomic E-state index is 12.2. The van der Waals surface area contributed by atoms with Gasteiger partial charge in [0.15, 0.2) is 0 Å². The van der Waals surface area contributed by atoms with E-state index in [4.69, 9.17) is 0 Å². The Bertz CT molecular complexity index is 402. The number of nitrogens with zero attached hydrogens (tertiary/aromatic N) is 1. The zero-order valence-corrected chi connectivity index (χ0v) is 12.2. The summed E-state index contributed by atoms with van der Waals surface area (Å²) in [7, 11) is -3.46. The fraction of sp³-hybridized carbons (Fsp3) is 0.917. The van der Waals surface area contributed by atoms with Crippen LogP contribution in [0.1, 0.15) is 46.5 Å². The Morgan fingerprint density at radius 1 is 1.44 bits per heavy atom. The highest BCUT2D eigenvalue weighted by atomic mass is 32.2. The van der Waals surface area contributed by atoms with E-state index in [1.807, 2.05) is 20.8 Å². The molecule has 1 atom stereocenters. The molecule has 1 rings (SSSR count). The van der Waals surface area contributed by atoms with Crippen LogP contribution in [0.4, 0.5) is 0 Å². The average molecular weight is 277 g/mol. The Labute approximate surface area is 109 Å². The van der Waals surface area contributed by atoms with Crippen LogP contribution >= 0.6 is 0 Å². The van der Waals surface area contributed by atoms with Crippen LogP contribution in [0.3, 0.4) is 0 Å². The fourth-order valence-electron chi connectivity index (χ4n) is 2.55. The highest BCUT2D eigenvalue weighted by molar-refractivity contribution is 7.89. The summed E-state index contributed by atoms with van der Waals surface area (Å²) < 4.78 is 25.6. The quantitative estimate of drug-likeness (QED) is 0.830. The van der Waals surface area contributed by atoms with E-state index in [0.29, 0.717) is 13.0 Å². The Kier molecular flexibility index (Phi) is 4.78. The van der Waals surface area contributed by atoms with Crippen molar-refractivity contribution in [2.45, 2.75) is 52.5 Å². The van der Waals surface area contributed by atoms with E-state index >= 15 is 0 Å². The number of aliphatic carboxylic acids is 1. The van der Waals surface area contributed by atoms with Crippen molar-refractivity contribution >= 4 is 16.0 Å². The molecule has 0 amide bonds. The molecule has 0 aromatic rings. The van der Waals surface area contributed by atoms with Gasteiger partial charge in [0, 0.05) is 6.54 Å². The van der Waals surface area contributed by atoms with Gasteiger partial charge in [0.2, 0.25) is 10.0 Å². The molecule has 5 nitrogen and oxygen atoms in total. The van der Waals surface area contributed by atoms with Gasteiger partial charge in [-0.05, 0) is 24.7 Å². The topological polar surface area (TPSA) is 74.7 Å². The molecule has 18 heavy (non-hydrogen) atoms. The minimum absolute atomic E-state index is 0.0450. The average Bonchev–Trinajstić information content (AvgIpc) is 2.24. The number of piperidine rings is 1. The molecule has 1 saturated heterocycles. The second-order valence-corrected chi connectivity index (χ2v) is 7.65. The molecule has 0 bridgehead atoms. The summed E-state index contributed by atoms with van der Waals surface area (Å²) in [5.74, 6) is -0.997. The SMILES string of the molecule is CCCCS(=O)(=O)N1CCCC(C)(C)C1C(=O)O. The Balaban J connectivity index is 3.01. The molecule has 1 heterocycles. The van der Waals surface area contributed by atoms with Crippen LogP contribution in [0.2, 0.25) is 0 Å². The van der Waals surface area contributed by atoms with Crippen LogP contribution in [0, 0.1) is 5.41 Å². The summed E-state index contributed by atoms with van der Waals surface area (Å²) in [6.07, 6.45) is 2.83. The number of sulfonamides is 1. The van der Waals surface area contributed by atoms with Gasteiger partial charge in [-0.25, -0.2) is 8.42 Å². The van der Waals surface area contributed by atoms with Gasteiger partial charge in [-0.2, -0.15) is 4.31 Å². The summed E-state index contributed by atoms with van der Waals surface area (Å²) in [6.45, 7) is 5.90. The monoisotopic (exact) mass is 277 g/mol. The summed E-state index contributed by atoms with van der Waals surface area (Å²) in [5, 5.41) is 9.33. The molecule has 1 aliphatic heterocycles. The maximum atomic E-state index is 12.2. The normalized spacial score (nSPS) is 24.9. The molecule has 0 aliphatic carbocycles. The predicted molar refractivity (Wildman–Crippen MR) is 69.8 cm³/mol. The van der Waals surface area contributed by atoms with Gasteiger partial charge in [0.05, 0.1) is 5.75 Å². The first-order valence-corrected chi connectivity index (χ1v) is 8.05. The van der Waals surface area contributed by atoms with Gasteiger partial charge in [0.25, 0.3) is 0 Å². The van der Waals surface area contributed by atoms with E-state index in [1.54, 1.807) is 0 Å². The van der Waals surface area contributed by atoms with Crippen LogP contribution in [0.15, 0.2) is 0 Å². The molecule has 0 radical (unpaired) electrons. The first kappa shape index (κ1) is 15.4. The number of carboxylic acid groups (broad SMARTS) is 1. The lowest BCUT2D eigenvalue weighted by Crippen LogP contribution is -2.56. The first-order valence-electron chi connectivity index (χ1n) is 6.44. The second-order valence-electron chi connectivity index (χ2n) is 5.61. The zero-order valence-electron chi connectivity index (χ0n) is 11.3. The van der Waals surface area contributed by atoms with Gasteiger partial charge < -0.3 is 5.11 Å². The zero-order chi connectivity index (χ0) is 14.0. The summed E-state index contributed by atoms with van der Waals surface area (Å²) in [6, 6.07) is -0.937. The van der Waals surface area contributed by atoms with Gasteiger partial charge >= 0.3 is 5.97 Å². The van der Waals surface area contributed by atoms with Crippen molar-refractivity contribution in [2.24, 2.45) is 5.41 Å². The molecular weight excluding hydrogens is 254 g/mol. The lowest BCUT2D eigenvalue weighted by atomic mass is 9.77. The van der Waals surface area contributed by atoms with Crippen molar-refractivity contribution in [3.63, 3.8) is 0 Å². The Morgan fingerprint density at radius 3 is 2.56 bits per heavy atom. The molecule has 6 heteroatoms. The summed E-state index contributed by atoms with van der Waals surface area (Å²) in [5.41, 5.74) is -0.511.